The van der Waals surface area contributed by atoms with Gasteiger partial charge in [0.1, 0.15) is 0 Å². The zero-order chi connectivity index (χ0) is 59.9. The van der Waals surface area contributed by atoms with Crippen molar-refractivity contribution in [3.8, 4) is 102 Å². The summed E-state index contributed by atoms with van der Waals surface area (Å²) < 4.78 is 0. The van der Waals surface area contributed by atoms with Crippen LogP contribution in [0.25, 0.3) is 102 Å². The van der Waals surface area contributed by atoms with Crippen LogP contribution in [0.5, 0.6) is 0 Å². The van der Waals surface area contributed by atoms with Gasteiger partial charge in [0.2, 0.25) is 5.95 Å². The second-order valence-corrected chi connectivity index (χ2v) is 24.2. The first-order chi connectivity index (χ1) is 42.9. The van der Waals surface area contributed by atoms with E-state index < -0.39 is 0 Å². The lowest BCUT2D eigenvalue weighted by molar-refractivity contribution is 0.569. The molecular formula is C79H63N9. The van der Waals surface area contributed by atoms with Gasteiger partial charge in [0.25, 0.3) is 0 Å². The van der Waals surface area contributed by atoms with E-state index in [-0.39, 0.29) is 10.8 Å². The number of aromatic nitrogens is 7. The minimum absolute atomic E-state index is 0.244. The second kappa shape index (κ2) is 22.8. The minimum Gasteiger partial charge on any atom is -0.306 e. The molecule has 0 amide bonds. The maximum Gasteiger partial charge on any atom is 0.238 e. The highest BCUT2D eigenvalue weighted by Crippen LogP contribution is 2.57. The summed E-state index contributed by atoms with van der Waals surface area (Å²) >= 11 is 0. The number of anilines is 6. The Morgan fingerprint density at radius 2 is 0.568 bits per heavy atom. The quantitative estimate of drug-likeness (QED) is 0.125. The standard InChI is InChI=1S/C79H63N9/c1-78(2,3)59-47-58(48-60(49-59)79(4,5)6)71-61(75-80-62(52-29-13-7-14-30-52)50-63(81-75)53-31-15-8-16-32-53)45-46-70(72(71)76-82-64(54-33-17-9-18-34-54)51-65(83-76)55-35-19-10-20-36-55)87-66-41-25-27-43-68(66)88(69-44-28-26-42-67(69)87)77-85-73(56-37-21-11-22-38-56)84-74(86-77)57-39-23-12-24-40-57/h7-51H,1-6H3. The van der Waals surface area contributed by atoms with Crippen molar-refractivity contribution in [2.75, 3.05) is 9.80 Å². The Balaban J connectivity index is 1.12. The molecule has 0 bridgehead atoms. The monoisotopic (exact) mass is 1140 g/mol. The Labute approximate surface area is 514 Å². The van der Waals surface area contributed by atoms with Gasteiger partial charge in [-0.1, -0.05) is 266 Å². The summed E-state index contributed by atoms with van der Waals surface area (Å²) in [5.74, 6) is 2.70. The highest BCUT2D eigenvalue weighted by atomic mass is 15.3. The minimum atomic E-state index is -0.244. The van der Waals surface area contributed by atoms with Gasteiger partial charge in [-0.3, -0.25) is 4.90 Å². The molecule has 0 N–H and O–H groups in total. The van der Waals surface area contributed by atoms with Crippen LogP contribution in [0.15, 0.2) is 273 Å². The summed E-state index contributed by atoms with van der Waals surface area (Å²) in [5, 5.41) is 0. The van der Waals surface area contributed by atoms with E-state index in [4.69, 9.17) is 34.9 Å². The van der Waals surface area contributed by atoms with Crippen LogP contribution >= 0.6 is 0 Å². The second-order valence-electron chi connectivity index (χ2n) is 24.2. The Morgan fingerprint density at radius 3 is 0.932 bits per heavy atom. The molecule has 13 aromatic rings. The van der Waals surface area contributed by atoms with Gasteiger partial charge in [0.05, 0.1) is 56.8 Å². The maximum absolute atomic E-state index is 5.78. The molecule has 0 unspecified atom stereocenters. The predicted molar refractivity (Wildman–Crippen MR) is 360 cm³/mol. The molecule has 424 valence electrons. The molecule has 0 spiro atoms. The summed E-state index contributed by atoms with van der Waals surface area (Å²) in [7, 11) is 0. The predicted octanol–water partition coefficient (Wildman–Crippen LogP) is 20.3. The molecule has 88 heavy (non-hydrogen) atoms. The van der Waals surface area contributed by atoms with E-state index in [1.165, 1.54) is 11.1 Å². The lowest BCUT2D eigenvalue weighted by Crippen LogP contribution is -2.26. The molecule has 0 saturated heterocycles. The van der Waals surface area contributed by atoms with E-state index in [0.29, 0.717) is 29.2 Å². The molecule has 1 aliphatic rings. The fraction of sp³-hybridized carbons (Fsp3) is 0.101. The lowest BCUT2D eigenvalue weighted by Gasteiger charge is -2.40. The molecular weight excluding hydrogens is 1070 g/mol. The lowest BCUT2D eigenvalue weighted by atomic mass is 9.78. The summed E-state index contributed by atoms with van der Waals surface area (Å²) in [5.41, 5.74) is 18.5. The average molecular weight is 1140 g/mol. The van der Waals surface area contributed by atoms with Crippen molar-refractivity contribution in [1.29, 1.82) is 0 Å². The van der Waals surface area contributed by atoms with Crippen LogP contribution in [0.2, 0.25) is 0 Å². The molecule has 0 saturated carbocycles. The molecule has 0 atom stereocenters. The van der Waals surface area contributed by atoms with Crippen LogP contribution in [0.4, 0.5) is 34.4 Å². The highest BCUT2D eigenvalue weighted by molar-refractivity contribution is 6.07. The number of nitrogens with zero attached hydrogens (tertiary/aromatic N) is 9. The van der Waals surface area contributed by atoms with Gasteiger partial charge in [0.15, 0.2) is 23.3 Å². The number of fused-ring (bicyclic) bond motifs is 2. The van der Waals surface area contributed by atoms with E-state index >= 15 is 0 Å². The number of hydrogen-bond acceptors (Lipinski definition) is 9. The summed E-state index contributed by atoms with van der Waals surface area (Å²) in [6, 6.07) is 94.7. The van der Waals surface area contributed by atoms with Gasteiger partial charge in [-0.25, -0.2) is 24.9 Å². The number of rotatable bonds is 11. The first-order valence-electron chi connectivity index (χ1n) is 29.9. The fourth-order valence-corrected chi connectivity index (χ4v) is 11.6. The van der Waals surface area contributed by atoms with Gasteiger partial charge in [-0.2, -0.15) is 9.97 Å². The van der Waals surface area contributed by atoms with Gasteiger partial charge in [-0.15, -0.1) is 0 Å². The third kappa shape index (κ3) is 10.7. The normalized spacial score (nSPS) is 12.2. The van der Waals surface area contributed by atoms with Gasteiger partial charge in [-0.05, 0) is 76.1 Å². The van der Waals surface area contributed by atoms with Gasteiger partial charge >= 0.3 is 0 Å². The van der Waals surface area contributed by atoms with E-state index in [1.54, 1.807) is 0 Å². The van der Waals surface area contributed by atoms with Crippen molar-refractivity contribution in [1.82, 2.24) is 34.9 Å². The molecule has 1 aliphatic heterocycles. The van der Waals surface area contributed by atoms with Crippen LogP contribution in [-0.2, 0) is 10.8 Å². The van der Waals surface area contributed by atoms with Crippen LogP contribution in [0.3, 0.4) is 0 Å². The van der Waals surface area contributed by atoms with E-state index in [1.807, 2.05) is 84.9 Å². The maximum atomic E-state index is 5.78. The molecule has 4 heterocycles. The van der Waals surface area contributed by atoms with Crippen LogP contribution in [0.1, 0.15) is 52.7 Å². The largest absolute Gasteiger partial charge is 0.306 e. The molecule has 0 fully saturated rings. The van der Waals surface area contributed by atoms with Crippen molar-refractivity contribution in [2.45, 2.75) is 52.4 Å². The molecule has 9 nitrogen and oxygen atoms in total. The summed E-state index contributed by atoms with van der Waals surface area (Å²) in [4.78, 5) is 43.2. The number of hydrogen-bond donors (Lipinski definition) is 0. The smallest absolute Gasteiger partial charge is 0.238 e. The van der Waals surface area contributed by atoms with Crippen molar-refractivity contribution < 1.29 is 0 Å². The third-order valence-electron chi connectivity index (χ3n) is 16.2. The Hall–Kier alpha value is -11.0. The molecule has 9 heteroatoms. The molecule has 14 rings (SSSR count). The number of para-hydroxylation sites is 4. The zero-order valence-electron chi connectivity index (χ0n) is 50.0. The highest BCUT2D eigenvalue weighted by Gasteiger charge is 2.36. The van der Waals surface area contributed by atoms with Crippen LogP contribution < -0.4 is 9.80 Å². The van der Waals surface area contributed by atoms with Gasteiger partial charge < -0.3 is 4.90 Å². The van der Waals surface area contributed by atoms with E-state index in [2.05, 4.69) is 239 Å². The molecule has 3 aromatic heterocycles. The van der Waals surface area contributed by atoms with Crippen molar-refractivity contribution >= 4 is 34.4 Å². The molecule has 0 radical (unpaired) electrons. The molecule has 10 aromatic carbocycles. The SMILES string of the molecule is CC(C)(C)c1cc(-c2c(-c3nc(-c4ccccc4)cc(-c4ccccc4)n3)ccc(N3c4ccccc4N(c4nc(-c5ccccc5)nc(-c5ccccc5)n4)c4ccccc43)c2-c2nc(-c3ccccc3)cc(-c3ccccc3)n2)cc(C(C)(C)C)c1. The summed E-state index contributed by atoms with van der Waals surface area (Å²) in [6.07, 6.45) is 0. The number of benzene rings is 10. The Morgan fingerprint density at radius 1 is 0.239 bits per heavy atom. The van der Waals surface area contributed by atoms with E-state index in [9.17, 15) is 0 Å². The fourth-order valence-electron chi connectivity index (χ4n) is 11.6. The first kappa shape index (κ1) is 54.9. The average Bonchev–Trinajstić information content (AvgIpc) is 0.805. The van der Waals surface area contributed by atoms with Crippen molar-refractivity contribution in [2.24, 2.45) is 0 Å². The Kier molecular flexibility index (Phi) is 14.2. The van der Waals surface area contributed by atoms with Crippen molar-refractivity contribution in [3.05, 3.63) is 284 Å². The topological polar surface area (TPSA) is 96.7 Å². The first-order valence-corrected chi connectivity index (χ1v) is 29.9. The third-order valence-corrected chi connectivity index (χ3v) is 16.2. The van der Waals surface area contributed by atoms with Gasteiger partial charge in [0, 0.05) is 44.5 Å². The van der Waals surface area contributed by atoms with E-state index in [0.717, 1.165) is 107 Å². The zero-order valence-corrected chi connectivity index (χ0v) is 50.0. The Bertz CT molecular complexity index is 4430. The van der Waals surface area contributed by atoms with Crippen LogP contribution in [0, 0.1) is 0 Å². The van der Waals surface area contributed by atoms with Crippen LogP contribution in [-0.4, -0.2) is 34.9 Å². The van der Waals surface area contributed by atoms with Crippen molar-refractivity contribution in [3.63, 3.8) is 0 Å². The summed E-state index contributed by atoms with van der Waals surface area (Å²) in [6.45, 7) is 13.7. The molecule has 0 aliphatic carbocycles.